The number of aliphatic hydroxyl groups is 1. The maximum absolute atomic E-state index is 9.89. The highest BCUT2D eigenvalue weighted by Crippen LogP contribution is 1.96. The van der Waals surface area contributed by atoms with E-state index in [2.05, 4.69) is 17.4 Å². The number of nitrogens with two attached hydrogens (primary N) is 1. The molecule has 0 heterocycles. The molecule has 3 N–H and O–H groups in total. The van der Waals surface area contributed by atoms with Crippen molar-refractivity contribution in [2.75, 3.05) is 19.8 Å². The van der Waals surface area contributed by atoms with Gasteiger partial charge in [-0.2, -0.15) is 0 Å². The molecule has 0 bridgehead atoms. The van der Waals surface area contributed by atoms with Crippen LogP contribution in [0.4, 0.5) is 0 Å². The first kappa shape index (κ1) is 19.4. The molecule has 0 aromatic rings. The molecule has 0 spiro atoms. The molecule has 0 aliphatic rings. The molecule has 0 radical (unpaired) electrons. The quantitative estimate of drug-likeness (QED) is 0.297. The smallest absolute Gasteiger partial charge is 0.246 e. The first-order chi connectivity index (χ1) is 8.31. The lowest BCUT2D eigenvalue weighted by Crippen LogP contribution is -2.14. The zero-order chi connectivity index (χ0) is 14.6. The van der Waals surface area contributed by atoms with Crippen LogP contribution in [-0.4, -0.2) is 30.8 Å². The van der Waals surface area contributed by atoms with Gasteiger partial charge in [-0.1, -0.05) is 39.3 Å². The fraction of sp³-hybridized carbons (Fsp3) is 0.750. The van der Waals surface area contributed by atoms with Gasteiger partial charge in [-0.25, -0.2) is 9.78 Å². The standard InChI is InChI=1S/C8H18O3.C4H7NO2/c1-7(2)5-9-11-10-6-8(3)4;1-3(2-6)4(5)7/h7-8H,5-6H2,1-4H3;6H,1-2H2,(H2,5,7). The second-order valence-corrected chi connectivity index (χ2v) is 4.55. The van der Waals surface area contributed by atoms with Gasteiger partial charge in [0.25, 0.3) is 0 Å². The first-order valence-corrected chi connectivity index (χ1v) is 5.80. The summed E-state index contributed by atoms with van der Waals surface area (Å²) in [4.78, 5) is 19.3. The van der Waals surface area contributed by atoms with Crippen LogP contribution in [0.2, 0.25) is 0 Å². The van der Waals surface area contributed by atoms with E-state index in [0.29, 0.717) is 25.0 Å². The monoisotopic (exact) mass is 263 g/mol. The molecule has 0 aliphatic carbocycles. The minimum Gasteiger partial charge on any atom is -0.391 e. The summed E-state index contributed by atoms with van der Waals surface area (Å²) in [6.07, 6.45) is 0. The minimum atomic E-state index is -0.650. The van der Waals surface area contributed by atoms with Gasteiger partial charge >= 0.3 is 0 Å². The Morgan fingerprint density at radius 2 is 1.56 bits per heavy atom. The Bertz CT molecular complexity index is 219. The lowest BCUT2D eigenvalue weighted by atomic mass is 10.2. The number of rotatable bonds is 8. The number of hydrogen-bond donors (Lipinski definition) is 2. The average molecular weight is 263 g/mol. The predicted molar refractivity (Wildman–Crippen MR) is 68.1 cm³/mol. The lowest BCUT2D eigenvalue weighted by molar-refractivity contribution is -0.516. The van der Waals surface area contributed by atoms with Crippen LogP contribution in [0, 0.1) is 11.8 Å². The fourth-order valence-electron chi connectivity index (χ4n) is 0.440. The highest BCUT2D eigenvalue weighted by atomic mass is 17.5. The van der Waals surface area contributed by atoms with Gasteiger partial charge in [0.05, 0.1) is 19.8 Å². The van der Waals surface area contributed by atoms with E-state index >= 15 is 0 Å². The number of carbonyl (C=O) groups excluding carboxylic acids is 1. The Morgan fingerprint density at radius 1 is 1.17 bits per heavy atom. The third-order valence-corrected chi connectivity index (χ3v) is 1.44. The summed E-state index contributed by atoms with van der Waals surface area (Å²) in [5.41, 5.74) is 4.69. The Hall–Kier alpha value is -0.950. The van der Waals surface area contributed by atoms with E-state index < -0.39 is 5.91 Å². The van der Waals surface area contributed by atoms with E-state index in [1.807, 2.05) is 27.7 Å². The molecule has 0 atom stereocenters. The van der Waals surface area contributed by atoms with E-state index in [1.54, 1.807) is 0 Å². The van der Waals surface area contributed by atoms with E-state index in [1.165, 1.54) is 0 Å². The van der Waals surface area contributed by atoms with Crippen LogP contribution in [0.5, 0.6) is 0 Å². The van der Waals surface area contributed by atoms with Crippen molar-refractivity contribution in [2.45, 2.75) is 27.7 Å². The maximum Gasteiger partial charge on any atom is 0.246 e. The Morgan fingerprint density at radius 3 is 1.72 bits per heavy atom. The van der Waals surface area contributed by atoms with Crippen LogP contribution in [-0.2, 0) is 19.6 Å². The molecule has 0 fully saturated rings. The molecule has 0 saturated carbocycles. The number of aliphatic hydroxyl groups excluding tert-OH is 1. The first-order valence-electron chi connectivity index (χ1n) is 5.80. The molecule has 6 heteroatoms. The molecule has 0 aromatic heterocycles. The van der Waals surface area contributed by atoms with Crippen LogP contribution >= 0.6 is 0 Å². The maximum atomic E-state index is 9.89. The highest BCUT2D eigenvalue weighted by Gasteiger charge is 1.97. The molecular weight excluding hydrogens is 238 g/mol. The number of hydrogen-bond acceptors (Lipinski definition) is 5. The summed E-state index contributed by atoms with van der Waals surface area (Å²) in [6.45, 7) is 12.1. The van der Waals surface area contributed by atoms with E-state index in [4.69, 9.17) is 14.9 Å². The normalized spacial score (nSPS) is 10.2. The predicted octanol–water partition coefficient (Wildman–Crippen LogP) is 1.20. The molecule has 0 aliphatic heterocycles. The topological polar surface area (TPSA) is 91.0 Å². The van der Waals surface area contributed by atoms with Crippen LogP contribution in [0.3, 0.4) is 0 Å². The van der Waals surface area contributed by atoms with Crippen molar-refractivity contribution in [1.82, 2.24) is 0 Å². The summed E-state index contributed by atoms with van der Waals surface area (Å²) < 4.78 is 0. The van der Waals surface area contributed by atoms with Crippen molar-refractivity contribution in [2.24, 2.45) is 17.6 Å². The van der Waals surface area contributed by atoms with Gasteiger partial charge in [0.2, 0.25) is 5.91 Å². The molecule has 6 nitrogen and oxygen atoms in total. The zero-order valence-electron chi connectivity index (χ0n) is 11.6. The van der Waals surface area contributed by atoms with E-state index in [9.17, 15) is 4.79 Å². The summed E-state index contributed by atoms with van der Waals surface area (Å²) in [5, 5.41) is 12.6. The third kappa shape index (κ3) is 17.4. The number of carbonyl (C=O) groups is 1. The third-order valence-electron chi connectivity index (χ3n) is 1.44. The van der Waals surface area contributed by atoms with Gasteiger partial charge in [-0.05, 0) is 11.8 Å². The van der Waals surface area contributed by atoms with E-state index in [-0.39, 0.29) is 12.2 Å². The Kier molecular flexibility index (Phi) is 13.5. The second kappa shape index (κ2) is 12.5. The molecule has 0 saturated heterocycles. The summed E-state index contributed by atoms with van der Waals surface area (Å²) >= 11 is 0. The van der Waals surface area contributed by atoms with Crippen LogP contribution < -0.4 is 5.73 Å². The van der Waals surface area contributed by atoms with Crippen LogP contribution in [0.15, 0.2) is 12.2 Å². The lowest BCUT2D eigenvalue weighted by Gasteiger charge is -2.06. The second-order valence-electron chi connectivity index (χ2n) is 4.55. The summed E-state index contributed by atoms with van der Waals surface area (Å²) in [5.74, 6) is 0.290. The Balaban J connectivity index is 0. The largest absolute Gasteiger partial charge is 0.391 e. The Labute approximate surface area is 109 Å². The van der Waals surface area contributed by atoms with Crippen molar-refractivity contribution in [3.63, 3.8) is 0 Å². The van der Waals surface area contributed by atoms with Crippen molar-refractivity contribution in [1.29, 1.82) is 0 Å². The fourth-order valence-corrected chi connectivity index (χ4v) is 0.440. The van der Waals surface area contributed by atoms with Crippen molar-refractivity contribution >= 4 is 5.91 Å². The van der Waals surface area contributed by atoms with Gasteiger partial charge in [0, 0.05) is 5.57 Å². The van der Waals surface area contributed by atoms with Gasteiger partial charge in [-0.3, -0.25) is 4.79 Å². The van der Waals surface area contributed by atoms with Crippen LogP contribution in [0.25, 0.3) is 0 Å². The summed E-state index contributed by atoms with van der Waals surface area (Å²) in [7, 11) is 0. The van der Waals surface area contributed by atoms with Crippen molar-refractivity contribution in [3.05, 3.63) is 12.2 Å². The van der Waals surface area contributed by atoms with Crippen molar-refractivity contribution < 1.29 is 24.7 Å². The molecule has 1 amide bonds. The van der Waals surface area contributed by atoms with Gasteiger partial charge in [-0.15, -0.1) is 0 Å². The molecule has 0 unspecified atom stereocenters. The number of primary amides is 1. The minimum absolute atomic E-state index is 0.0417. The molecule has 18 heavy (non-hydrogen) atoms. The molecule has 0 aromatic carbocycles. The summed E-state index contributed by atoms with van der Waals surface area (Å²) in [6, 6.07) is 0. The molecular formula is C12H25NO5. The highest BCUT2D eigenvalue weighted by molar-refractivity contribution is 5.91. The van der Waals surface area contributed by atoms with Crippen LogP contribution in [0.1, 0.15) is 27.7 Å². The molecule has 0 rings (SSSR count). The van der Waals surface area contributed by atoms with Crippen molar-refractivity contribution in [3.8, 4) is 0 Å². The zero-order valence-corrected chi connectivity index (χ0v) is 11.6. The number of amides is 1. The van der Waals surface area contributed by atoms with E-state index in [0.717, 1.165) is 0 Å². The SMILES string of the molecule is C=C(CO)C(N)=O.CC(C)COOOCC(C)C. The molecule has 108 valence electrons. The van der Waals surface area contributed by atoms with Gasteiger partial charge < -0.3 is 10.8 Å². The average Bonchev–Trinajstić information content (AvgIpc) is 2.27. The van der Waals surface area contributed by atoms with Gasteiger partial charge in [0.1, 0.15) is 0 Å². The van der Waals surface area contributed by atoms with Gasteiger partial charge in [0.15, 0.2) is 0 Å².